The Morgan fingerprint density at radius 3 is 2.39 bits per heavy atom. The number of hydrogen-bond acceptors (Lipinski definition) is 10. The van der Waals surface area contributed by atoms with Crippen LogP contribution in [-0.2, 0) is 11.2 Å². The Morgan fingerprint density at radius 1 is 1.06 bits per heavy atom. The van der Waals surface area contributed by atoms with Crippen LogP contribution in [0.4, 0.5) is 0 Å². The van der Waals surface area contributed by atoms with E-state index in [2.05, 4.69) is 0 Å². The van der Waals surface area contributed by atoms with Gasteiger partial charge in [-0.05, 0) is 38.0 Å². The Kier molecular flexibility index (Phi) is 7.34. The lowest BCUT2D eigenvalue weighted by molar-refractivity contribution is -0.277. The summed E-state index contributed by atoms with van der Waals surface area (Å²) < 4.78 is 16.9. The van der Waals surface area contributed by atoms with Crippen LogP contribution in [0.5, 0.6) is 17.2 Å². The lowest BCUT2D eigenvalue weighted by atomic mass is 9.99. The number of phenolic OH excluding ortho intramolecular Hbond substituents is 2. The molecule has 1 aliphatic heterocycles. The Bertz CT molecular complexity index is 1320. The molecule has 10 nitrogen and oxygen atoms in total. The van der Waals surface area contributed by atoms with Gasteiger partial charge in [0.05, 0.1) is 12.2 Å². The third-order valence-electron chi connectivity index (χ3n) is 6.09. The molecular weight excluding hydrogens is 472 g/mol. The molecule has 1 saturated heterocycles. The van der Waals surface area contributed by atoms with E-state index in [-0.39, 0.29) is 45.8 Å². The maximum atomic E-state index is 13.3. The summed E-state index contributed by atoms with van der Waals surface area (Å²) in [6, 6.07) is 7.32. The number of benzene rings is 2. The summed E-state index contributed by atoms with van der Waals surface area (Å²) in [5.41, 5.74) is 1.29. The SMILES string of the molecule is CC(C)=CCc1c(OC2OC(CO)C(O)C(O)C2O)cc2occ(-c3ccc(O)cc3)c(=O)c2c1O. The highest BCUT2D eigenvalue weighted by atomic mass is 16.7. The summed E-state index contributed by atoms with van der Waals surface area (Å²) in [5, 5.41) is 60.6. The van der Waals surface area contributed by atoms with E-state index < -0.39 is 42.7 Å². The van der Waals surface area contributed by atoms with Crippen molar-refractivity contribution >= 4 is 11.0 Å². The number of aromatic hydroxyl groups is 2. The molecule has 4 rings (SSSR count). The minimum Gasteiger partial charge on any atom is -0.508 e. The van der Waals surface area contributed by atoms with E-state index >= 15 is 0 Å². The van der Waals surface area contributed by atoms with Gasteiger partial charge in [-0.25, -0.2) is 0 Å². The van der Waals surface area contributed by atoms with Crippen molar-refractivity contribution in [3.05, 3.63) is 64.0 Å². The van der Waals surface area contributed by atoms with Crippen LogP contribution in [0, 0.1) is 0 Å². The Labute approximate surface area is 205 Å². The summed E-state index contributed by atoms with van der Waals surface area (Å²) in [6.45, 7) is 3.08. The molecule has 1 aromatic heterocycles. The predicted molar refractivity (Wildman–Crippen MR) is 129 cm³/mol. The standard InChI is InChI=1S/C26H28O10/c1-12(2)3-8-15-17(35-26-25(33)24(32)23(31)19(10-27)36-26)9-18-20(21(15)29)22(30)16(11-34-18)13-4-6-14(28)7-5-13/h3-7,9,11,19,23-29,31-33H,8,10H2,1-2H3. The van der Waals surface area contributed by atoms with E-state index in [1.165, 1.54) is 24.5 Å². The number of ether oxygens (including phenoxy) is 2. The second kappa shape index (κ2) is 10.3. The van der Waals surface area contributed by atoms with Crippen molar-refractivity contribution in [3.63, 3.8) is 0 Å². The van der Waals surface area contributed by atoms with Crippen LogP contribution in [0.25, 0.3) is 22.1 Å². The van der Waals surface area contributed by atoms with Crippen LogP contribution < -0.4 is 10.2 Å². The molecule has 36 heavy (non-hydrogen) atoms. The molecule has 3 aromatic rings. The third kappa shape index (κ3) is 4.81. The van der Waals surface area contributed by atoms with Gasteiger partial charge in [-0.3, -0.25) is 4.79 Å². The monoisotopic (exact) mass is 500 g/mol. The summed E-state index contributed by atoms with van der Waals surface area (Å²) in [7, 11) is 0. The van der Waals surface area contributed by atoms with Crippen LogP contribution in [0.1, 0.15) is 19.4 Å². The first-order valence-corrected chi connectivity index (χ1v) is 11.3. The lowest BCUT2D eigenvalue weighted by Gasteiger charge is -2.39. The number of allylic oxidation sites excluding steroid dienone is 2. The maximum absolute atomic E-state index is 13.3. The molecule has 0 aliphatic carbocycles. The van der Waals surface area contributed by atoms with Gasteiger partial charge in [-0.1, -0.05) is 23.8 Å². The van der Waals surface area contributed by atoms with Crippen molar-refractivity contribution in [2.45, 2.75) is 51.0 Å². The Balaban J connectivity index is 1.83. The molecule has 0 amide bonds. The molecule has 0 spiro atoms. The molecule has 1 aliphatic rings. The van der Waals surface area contributed by atoms with Crippen LogP contribution in [0.3, 0.4) is 0 Å². The van der Waals surface area contributed by atoms with E-state index in [9.17, 15) is 35.4 Å². The second-order valence-electron chi connectivity index (χ2n) is 8.90. The van der Waals surface area contributed by atoms with Gasteiger partial charge in [0.25, 0.3) is 0 Å². The topological polar surface area (TPSA) is 170 Å². The second-order valence-corrected chi connectivity index (χ2v) is 8.90. The zero-order valence-electron chi connectivity index (χ0n) is 19.7. The minimum absolute atomic E-state index is 0.000527. The lowest BCUT2D eigenvalue weighted by Crippen LogP contribution is -2.60. The number of hydrogen-bond donors (Lipinski definition) is 6. The van der Waals surface area contributed by atoms with E-state index in [1.54, 1.807) is 18.2 Å². The van der Waals surface area contributed by atoms with Crippen LogP contribution >= 0.6 is 0 Å². The van der Waals surface area contributed by atoms with Gasteiger partial charge in [-0.15, -0.1) is 0 Å². The largest absolute Gasteiger partial charge is 0.508 e. The number of aliphatic hydroxyl groups is 4. The van der Waals surface area contributed by atoms with Crippen molar-refractivity contribution < 1.29 is 44.5 Å². The maximum Gasteiger partial charge on any atom is 0.229 e. The van der Waals surface area contributed by atoms with Gasteiger partial charge < -0.3 is 44.5 Å². The van der Waals surface area contributed by atoms with Gasteiger partial charge in [-0.2, -0.15) is 0 Å². The van der Waals surface area contributed by atoms with Gasteiger partial charge >= 0.3 is 0 Å². The van der Waals surface area contributed by atoms with Gasteiger partial charge in [0.2, 0.25) is 11.7 Å². The van der Waals surface area contributed by atoms with E-state index in [0.29, 0.717) is 5.56 Å². The summed E-state index contributed by atoms with van der Waals surface area (Å²) in [4.78, 5) is 13.3. The quantitative estimate of drug-likeness (QED) is 0.273. The number of aliphatic hydroxyl groups excluding tert-OH is 4. The average molecular weight is 501 g/mol. The first kappa shape index (κ1) is 25.7. The molecule has 2 heterocycles. The average Bonchev–Trinajstić information content (AvgIpc) is 2.84. The van der Waals surface area contributed by atoms with Crippen molar-refractivity contribution in [2.75, 3.05) is 6.61 Å². The molecule has 0 radical (unpaired) electrons. The molecule has 5 atom stereocenters. The highest BCUT2D eigenvalue weighted by Gasteiger charge is 2.45. The van der Waals surface area contributed by atoms with Crippen molar-refractivity contribution in [3.8, 4) is 28.4 Å². The van der Waals surface area contributed by atoms with Gasteiger partial charge in [0.1, 0.15) is 58.9 Å². The summed E-state index contributed by atoms with van der Waals surface area (Å²) in [6.07, 6.45) is -4.38. The number of fused-ring (bicyclic) bond motifs is 1. The zero-order valence-corrected chi connectivity index (χ0v) is 19.7. The molecule has 0 saturated carbocycles. The first-order valence-electron chi connectivity index (χ1n) is 11.3. The Hall–Kier alpha value is -3.41. The molecule has 10 heteroatoms. The van der Waals surface area contributed by atoms with Gasteiger partial charge in [0, 0.05) is 11.6 Å². The summed E-state index contributed by atoms with van der Waals surface area (Å²) in [5.74, 6) is -0.341. The normalized spacial score (nSPS) is 24.0. The summed E-state index contributed by atoms with van der Waals surface area (Å²) >= 11 is 0. The minimum atomic E-state index is -1.67. The van der Waals surface area contributed by atoms with E-state index in [1.807, 2.05) is 13.8 Å². The van der Waals surface area contributed by atoms with Crippen LogP contribution in [0.15, 0.2) is 57.5 Å². The van der Waals surface area contributed by atoms with Crippen molar-refractivity contribution in [1.29, 1.82) is 0 Å². The fourth-order valence-electron chi connectivity index (χ4n) is 4.02. The predicted octanol–water partition coefficient (Wildman–Crippen LogP) is 1.56. The molecule has 5 unspecified atom stereocenters. The zero-order chi connectivity index (χ0) is 26.1. The number of rotatable bonds is 6. The van der Waals surface area contributed by atoms with Crippen LogP contribution in [0.2, 0.25) is 0 Å². The molecule has 192 valence electrons. The first-order chi connectivity index (χ1) is 17.1. The molecule has 1 fully saturated rings. The highest BCUT2D eigenvalue weighted by molar-refractivity contribution is 5.90. The van der Waals surface area contributed by atoms with Gasteiger partial charge in [0.15, 0.2) is 0 Å². The van der Waals surface area contributed by atoms with Crippen molar-refractivity contribution in [2.24, 2.45) is 0 Å². The van der Waals surface area contributed by atoms with E-state index in [4.69, 9.17) is 13.9 Å². The molecule has 6 N–H and O–H groups in total. The third-order valence-corrected chi connectivity index (χ3v) is 6.09. The fraction of sp³-hybridized carbons (Fsp3) is 0.346. The van der Waals surface area contributed by atoms with E-state index in [0.717, 1.165) is 5.57 Å². The fourth-order valence-corrected chi connectivity index (χ4v) is 4.02. The molecule has 0 bridgehead atoms. The smallest absolute Gasteiger partial charge is 0.229 e. The van der Waals surface area contributed by atoms with Crippen molar-refractivity contribution in [1.82, 2.24) is 0 Å². The van der Waals surface area contributed by atoms with Crippen LogP contribution in [-0.4, -0.2) is 68.0 Å². The number of phenols is 2. The Morgan fingerprint density at radius 2 is 1.75 bits per heavy atom. The molecule has 2 aromatic carbocycles. The molecular formula is C26H28O10. The highest BCUT2D eigenvalue weighted by Crippen LogP contribution is 2.38.